The first-order valence-corrected chi connectivity index (χ1v) is 7.05. The molecule has 5 nitrogen and oxygen atoms in total. The molecule has 1 saturated carbocycles. The lowest BCUT2D eigenvalue weighted by molar-refractivity contribution is 0.306. The molecule has 19 heavy (non-hydrogen) atoms. The fraction of sp³-hybridized carbons (Fsp3) is 0.643. The second kappa shape index (κ2) is 4.17. The summed E-state index contributed by atoms with van der Waals surface area (Å²) in [6.45, 7) is 4.52. The monoisotopic (exact) mass is 255 g/mol. The van der Waals surface area contributed by atoms with Crippen LogP contribution in [0.25, 0.3) is 0 Å². The zero-order valence-electron chi connectivity index (χ0n) is 10.9. The number of hydrogen-bond acceptors (Lipinski definition) is 5. The smallest absolute Gasteiger partial charge is 0.183 e. The van der Waals surface area contributed by atoms with Crippen molar-refractivity contribution < 1.29 is 0 Å². The van der Waals surface area contributed by atoms with E-state index in [1.165, 1.54) is 25.9 Å². The summed E-state index contributed by atoms with van der Waals surface area (Å²) in [7, 11) is 0. The van der Waals surface area contributed by atoms with Gasteiger partial charge < -0.3 is 4.90 Å². The fourth-order valence-electron chi connectivity index (χ4n) is 3.58. The van der Waals surface area contributed by atoms with Crippen molar-refractivity contribution >= 4 is 5.82 Å². The van der Waals surface area contributed by atoms with E-state index in [-0.39, 0.29) is 0 Å². The lowest BCUT2D eigenvalue weighted by atomic mass is 10.0. The highest BCUT2D eigenvalue weighted by atomic mass is 15.3. The average Bonchev–Trinajstić information content (AvgIpc) is 3.10. The van der Waals surface area contributed by atoms with Gasteiger partial charge in [-0.15, -0.1) is 0 Å². The van der Waals surface area contributed by atoms with E-state index < -0.39 is 0 Å². The minimum Gasteiger partial charge on any atom is -0.354 e. The van der Waals surface area contributed by atoms with E-state index in [1.54, 1.807) is 12.4 Å². The molecular formula is C14H17N5. The molecular weight excluding hydrogens is 238 g/mol. The van der Waals surface area contributed by atoms with Gasteiger partial charge in [0.25, 0.3) is 0 Å². The van der Waals surface area contributed by atoms with Crippen LogP contribution >= 0.6 is 0 Å². The number of nitrogens with zero attached hydrogens (tertiary/aromatic N) is 5. The molecule has 3 aliphatic rings. The van der Waals surface area contributed by atoms with Crippen LogP contribution in [-0.2, 0) is 0 Å². The lowest BCUT2D eigenvalue weighted by Crippen LogP contribution is -2.31. The summed E-state index contributed by atoms with van der Waals surface area (Å²) in [6.07, 6.45) is 6.06. The van der Waals surface area contributed by atoms with Gasteiger partial charge in [-0.25, -0.2) is 9.97 Å². The number of fused-ring (bicyclic) bond motifs is 1. The summed E-state index contributed by atoms with van der Waals surface area (Å²) >= 11 is 0. The molecule has 0 bridgehead atoms. The summed E-state index contributed by atoms with van der Waals surface area (Å²) < 4.78 is 0. The van der Waals surface area contributed by atoms with Crippen molar-refractivity contribution in [1.82, 2.24) is 14.9 Å². The van der Waals surface area contributed by atoms with Gasteiger partial charge in [-0.1, -0.05) is 0 Å². The molecule has 4 rings (SSSR count). The molecule has 0 radical (unpaired) electrons. The van der Waals surface area contributed by atoms with Crippen LogP contribution in [0.5, 0.6) is 0 Å². The first-order valence-electron chi connectivity index (χ1n) is 7.05. The normalized spacial score (nSPS) is 30.4. The molecule has 0 aromatic carbocycles. The van der Waals surface area contributed by atoms with Crippen molar-refractivity contribution in [2.45, 2.75) is 18.9 Å². The average molecular weight is 255 g/mol. The molecule has 98 valence electrons. The Kier molecular flexibility index (Phi) is 2.46. The van der Waals surface area contributed by atoms with Gasteiger partial charge in [0.05, 0.1) is 0 Å². The fourth-order valence-corrected chi connectivity index (χ4v) is 3.58. The van der Waals surface area contributed by atoms with Crippen LogP contribution in [0.4, 0.5) is 5.82 Å². The number of rotatable bonds is 2. The van der Waals surface area contributed by atoms with Gasteiger partial charge in [0, 0.05) is 44.6 Å². The minimum atomic E-state index is 0.460. The van der Waals surface area contributed by atoms with Crippen LogP contribution in [0.15, 0.2) is 12.4 Å². The van der Waals surface area contributed by atoms with Crippen LogP contribution in [0.1, 0.15) is 18.5 Å². The molecule has 3 fully saturated rings. The van der Waals surface area contributed by atoms with E-state index in [2.05, 4.69) is 25.8 Å². The SMILES string of the molecule is N#Cc1nccnc1N1CC2CN(C3CC3)CC2C1. The van der Waals surface area contributed by atoms with Crippen LogP contribution < -0.4 is 4.90 Å². The zero-order chi connectivity index (χ0) is 12.8. The second-order valence-corrected chi connectivity index (χ2v) is 5.95. The van der Waals surface area contributed by atoms with Crippen molar-refractivity contribution in [2.24, 2.45) is 11.8 Å². The number of hydrogen-bond donors (Lipinski definition) is 0. The molecule has 1 aromatic rings. The van der Waals surface area contributed by atoms with Crippen molar-refractivity contribution in [2.75, 3.05) is 31.1 Å². The largest absolute Gasteiger partial charge is 0.354 e. The van der Waals surface area contributed by atoms with Gasteiger partial charge in [-0.3, -0.25) is 4.90 Å². The quantitative estimate of drug-likeness (QED) is 0.785. The molecule has 0 spiro atoms. The van der Waals surface area contributed by atoms with E-state index in [0.29, 0.717) is 5.69 Å². The maximum Gasteiger partial charge on any atom is 0.183 e. The Balaban J connectivity index is 1.50. The van der Waals surface area contributed by atoms with E-state index in [0.717, 1.165) is 36.8 Å². The maximum absolute atomic E-state index is 9.12. The molecule has 2 unspecified atom stereocenters. The number of aromatic nitrogens is 2. The van der Waals surface area contributed by atoms with Crippen LogP contribution in [0.2, 0.25) is 0 Å². The van der Waals surface area contributed by atoms with Crippen molar-refractivity contribution in [1.29, 1.82) is 5.26 Å². The van der Waals surface area contributed by atoms with Gasteiger partial charge in [0.2, 0.25) is 0 Å². The third kappa shape index (κ3) is 1.87. The van der Waals surface area contributed by atoms with E-state index in [9.17, 15) is 0 Å². The number of nitriles is 1. The molecule has 2 aliphatic heterocycles. The van der Waals surface area contributed by atoms with Gasteiger partial charge in [-0.2, -0.15) is 5.26 Å². The first-order chi connectivity index (χ1) is 9.35. The third-order valence-corrected chi connectivity index (χ3v) is 4.66. The predicted octanol–water partition coefficient (Wildman–Crippen LogP) is 0.879. The summed E-state index contributed by atoms with van der Waals surface area (Å²) in [5.41, 5.74) is 0.460. The third-order valence-electron chi connectivity index (χ3n) is 4.66. The van der Waals surface area contributed by atoms with Crippen LogP contribution in [0.3, 0.4) is 0 Å². The van der Waals surface area contributed by atoms with Crippen molar-refractivity contribution in [3.63, 3.8) is 0 Å². The lowest BCUT2D eigenvalue weighted by Gasteiger charge is -2.22. The molecule has 0 N–H and O–H groups in total. The first kappa shape index (κ1) is 11.2. The number of likely N-dealkylation sites (tertiary alicyclic amines) is 1. The van der Waals surface area contributed by atoms with E-state index in [1.807, 2.05) is 0 Å². The highest BCUT2D eigenvalue weighted by molar-refractivity contribution is 5.50. The van der Waals surface area contributed by atoms with Gasteiger partial charge in [0.15, 0.2) is 11.5 Å². The predicted molar refractivity (Wildman–Crippen MR) is 70.5 cm³/mol. The molecule has 5 heteroatoms. The topological polar surface area (TPSA) is 56.1 Å². The Hall–Kier alpha value is -1.67. The Morgan fingerprint density at radius 3 is 2.37 bits per heavy atom. The summed E-state index contributed by atoms with van der Waals surface area (Å²) in [5.74, 6) is 2.26. The second-order valence-electron chi connectivity index (χ2n) is 5.95. The zero-order valence-corrected chi connectivity index (χ0v) is 10.9. The molecule has 3 heterocycles. The van der Waals surface area contributed by atoms with Crippen LogP contribution in [-0.4, -0.2) is 47.1 Å². The van der Waals surface area contributed by atoms with Crippen molar-refractivity contribution in [3.05, 3.63) is 18.1 Å². The van der Waals surface area contributed by atoms with Crippen molar-refractivity contribution in [3.8, 4) is 6.07 Å². The minimum absolute atomic E-state index is 0.460. The molecule has 1 aromatic heterocycles. The van der Waals surface area contributed by atoms with Crippen LogP contribution in [0, 0.1) is 23.2 Å². The van der Waals surface area contributed by atoms with Gasteiger partial charge in [0.1, 0.15) is 6.07 Å². The Morgan fingerprint density at radius 2 is 1.74 bits per heavy atom. The van der Waals surface area contributed by atoms with Gasteiger partial charge >= 0.3 is 0 Å². The Morgan fingerprint density at radius 1 is 1.05 bits per heavy atom. The number of anilines is 1. The Labute approximate surface area is 112 Å². The standard InChI is InChI=1S/C14H17N5/c15-5-13-14(17-4-3-16-13)19-8-10-6-18(12-1-2-12)7-11(10)9-19/h3-4,10-12H,1-2,6-9H2. The van der Waals surface area contributed by atoms with E-state index in [4.69, 9.17) is 5.26 Å². The maximum atomic E-state index is 9.12. The molecule has 2 saturated heterocycles. The van der Waals surface area contributed by atoms with E-state index >= 15 is 0 Å². The highest BCUT2D eigenvalue weighted by Crippen LogP contribution is 2.39. The highest BCUT2D eigenvalue weighted by Gasteiger charge is 2.44. The molecule has 2 atom stereocenters. The Bertz CT molecular complexity index is 519. The summed E-state index contributed by atoms with van der Waals surface area (Å²) in [5, 5.41) is 9.12. The molecule has 1 aliphatic carbocycles. The summed E-state index contributed by atoms with van der Waals surface area (Å²) in [4.78, 5) is 13.4. The summed E-state index contributed by atoms with van der Waals surface area (Å²) in [6, 6.07) is 3.03. The van der Waals surface area contributed by atoms with Gasteiger partial charge in [-0.05, 0) is 24.7 Å². The molecule has 0 amide bonds.